The van der Waals surface area contributed by atoms with E-state index in [-0.39, 0.29) is 6.61 Å². The van der Waals surface area contributed by atoms with E-state index < -0.39 is 8.07 Å². The summed E-state index contributed by atoms with van der Waals surface area (Å²) >= 11 is 0. The number of rotatable bonds is 8. The molecule has 0 aliphatic rings. The molecular formula is C17H28OSi. The van der Waals surface area contributed by atoms with Crippen LogP contribution in [0.5, 0.6) is 0 Å². The first-order chi connectivity index (χ1) is 9.11. The van der Waals surface area contributed by atoms with Gasteiger partial charge < -0.3 is 5.11 Å². The summed E-state index contributed by atoms with van der Waals surface area (Å²) in [6.45, 7) is 7.10. The number of aliphatic hydroxyl groups excluding tert-OH is 1. The fraction of sp³-hybridized carbons (Fsp3) is 0.529. The lowest BCUT2D eigenvalue weighted by Crippen LogP contribution is -2.41. The van der Waals surface area contributed by atoms with Gasteiger partial charge in [0.15, 0.2) is 0 Å². The van der Waals surface area contributed by atoms with Crippen molar-refractivity contribution >= 4 is 13.3 Å². The molecule has 0 heterocycles. The highest BCUT2D eigenvalue weighted by Crippen LogP contribution is 2.11. The molecule has 0 aliphatic heterocycles. The Labute approximate surface area is 119 Å². The number of benzene rings is 1. The van der Waals surface area contributed by atoms with Crippen molar-refractivity contribution in [3.63, 3.8) is 0 Å². The van der Waals surface area contributed by atoms with Gasteiger partial charge in [0.1, 0.15) is 8.07 Å². The Bertz CT molecular complexity index is 396. The molecule has 0 bridgehead atoms. The maximum absolute atomic E-state index is 9.45. The Morgan fingerprint density at radius 2 is 1.84 bits per heavy atom. The summed E-state index contributed by atoms with van der Waals surface area (Å²) in [5.41, 5.74) is 3.52. The molecule has 106 valence electrons. The molecule has 0 fully saturated rings. The predicted molar refractivity (Wildman–Crippen MR) is 87.4 cm³/mol. The van der Waals surface area contributed by atoms with Crippen LogP contribution in [0.15, 0.2) is 36.0 Å². The van der Waals surface area contributed by atoms with Gasteiger partial charge in [0.2, 0.25) is 0 Å². The highest BCUT2D eigenvalue weighted by atomic mass is 28.3. The minimum atomic E-state index is -1.55. The van der Waals surface area contributed by atoms with Crippen LogP contribution in [0.25, 0.3) is 0 Å². The average molecular weight is 276 g/mol. The van der Waals surface area contributed by atoms with Gasteiger partial charge in [-0.3, -0.25) is 0 Å². The molecule has 19 heavy (non-hydrogen) atoms. The SMILES string of the molecule is CCCCCC/C=C/[Si](C)(C)c1ccccc1CO. The molecule has 1 aromatic rings. The molecule has 0 aliphatic carbocycles. The van der Waals surface area contributed by atoms with Gasteiger partial charge in [-0.25, -0.2) is 0 Å². The van der Waals surface area contributed by atoms with Crippen LogP contribution < -0.4 is 5.19 Å². The first-order valence-corrected chi connectivity index (χ1v) is 10.6. The lowest BCUT2D eigenvalue weighted by Gasteiger charge is -2.21. The smallest absolute Gasteiger partial charge is 0.104 e. The van der Waals surface area contributed by atoms with Crippen LogP contribution in [0.2, 0.25) is 13.1 Å². The summed E-state index contributed by atoms with van der Waals surface area (Å²) in [6.07, 6.45) is 8.84. The molecule has 0 atom stereocenters. The van der Waals surface area contributed by atoms with Gasteiger partial charge in [-0.2, -0.15) is 0 Å². The van der Waals surface area contributed by atoms with Gasteiger partial charge in [0.05, 0.1) is 6.61 Å². The summed E-state index contributed by atoms with van der Waals surface area (Å²) < 4.78 is 0. The van der Waals surface area contributed by atoms with Crippen molar-refractivity contribution < 1.29 is 5.11 Å². The Kier molecular flexibility index (Phi) is 7.10. The summed E-state index contributed by atoms with van der Waals surface area (Å²) in [4.78, 5) is 0. The standard InChI is InChI=1S/C17H28OSi/c1-4-5-6-7-8-11-14-19(2,3)17-13-10-9-12-16(17)15-18/h9-14,18H,4-8,15H2,1-3H3/b14-11+. The average Bonchev–Trinajstić information content (AvgIpc) is 2.42. The third-order valence-electron chi connectivity index (χ3n) is 3.64. The minimum absolute atomic E-state index is 0.150. The highest BCUT2D eigenvalue weighted by molar-refractivity contribution is 6.94. The molecule has 0 spiro atoms. The second kappa shape index (κ2) is 8.34. The number of hydrogen-bond acceptors (Lipinski definition) is 1. The van der Waals surface area contributed by atoms with Crippen LogP contribution in [0.4, 0.5) is 0 Å². The number of unbranched alkanes of at least 4 members (excludes halogenated alkanes) is 4. The van der Waals surface area contributed by atoms with Crippen LogP contribution in [0.1, 0.15) is 44.6 Å². The van der Waals surface area contributed by atoms with E-state index in [1.807, 2.05) is 12.1 Å². The first-order valence-electron chi connectivity index (χ1n) is 7.48. The zero-order chi connectivity index (χ0) is 14.1. The summed E-state index contributed by atoms with van der Waals surface area (Å²) in [7, 11) is -1.55. The van der Waals surface area contributed by atoms with Crippen molar-refractivity contribution in [3.05, 3.63) is 41.6 Å². The molecule has 2 heteroatoms. The van der Waals surface area contributed by atoms with Crippen LogP contribution in [0, 0.1) is 0 Å². The molecule has 1 nitrogen and oxygen atoms in total. The zero-order valence-electron chi connectivity index (χ0n) is 12.7. The molecule has 1 N–H and O–H groups in total. The largest absolute Gasteiger partial charge is 0.392 e. The van der Waals surface area contributed by atoms with Crippen LogP contribution in [-0.2, 0) is 6.61 Å². The Morgan fingerprint density at radius 1 is 1.11 bits per heavy atom. The van der Waals surface area contributed by atoms with Gasteiger partial charge in [0.25, 0.3) is 0 Å². The molecule has 0 saturated heterocycles. The third-order valence-corrected chi connectivity index (χ3v) is 6.59. The van der Waals surface area contributed by atoms with E-state index in [0.717, 1.165) is 5.56 Å². The van der Waals surface area contributed by atoms with Crippen molar-refractivity contribution in [2.45, 2.75) is 58.7 Å². The number of aliphatic hydroxyl groups is 1. The summed E-state index contributed by atoms with van der Waals surface area (Å²) in [5.74, 6) is 0. The Morgan fingerprint density at radius 3 is 2.53 bits per heavy atom. The van der Waals surface area contributed by atoms with E-state index in [4.69, 9.17) is 0 Å². The monoisotopic (exact) mass is 276 g/mol. The topological polar surface area (TPSA) is 20.2 Å². The van der Waals surface area contributed by atoms with Crippen molar-refractivity contribution in [1.82, 2.24) is 0 Å². The Hall–Kier alpha value is -0.863. The van der Waals surface area contributed by atoms with Gasteiger partial charge in [-0.05, 0) is 23.6 Å². The normalized spacial score (nSPS) is 12.2. The molecule has 0 aromatic heterocycles. The summed E-state index contributed by atoms with van der Waals surface area (Å²) in [6, 6.07) is 8.31. The molecule has 1 rings (SSSR count). The first kappa shape index (κ1) is 16.2. The van der Waals surface area contributed by atoms with E-state index in [1.165, 1.54) is 37.3 Å². The van der Waals surface area contributed by atoms with E-state index in [0.29, 0.717) is 0 Å². The summed E-state index contributed by atoms with van der Waals surface area (Å²) in [5, 5.41) is 10.8. The van der Waals surface area contributed by atoms with Gasteiger partial charge in [-0.1, -0.05) is 75.3 Å². The van der Waals surface area contributed by atoms with Crippen LogP contribution >= 0.6 is 0 Å². The van der Waals surface area contributed by atoms with E-state index in [1.54, 1.807) is 0 Å². The van der Waals surface area contributed by atoms with Crippen LogP contribution in [0.3, 0.4) is 0 Å². The molecule has 0 radical (unpaired) electrons. The minimum Gasteiger partial charge on any atom is -0.392 e. The quantitative estimate of drug-likeness (QED) is 0.558. The van der Waals surface area contributed by atoms with Gasteiger partial charge in [-0.15, -0.1) is 0 Å². The van der Waals surface area contributed by atoms with E-state index >= 15 is 0 Å². The second-order valence-corrected chi connectivity index (χ2v) is 10.1. The van der Waals surface area contributed by atoms with E-state index in [2.05, 4.69) is 43.9 Å². The number of allylic oxidation sites excluding steroid dienone is 1. The molecule has 0 amide bonds. The van der Waals surface area contributed by atoms with Crippen molar-refractivity contribution in [2.24, 2.45) is 0 Å². The fourth-order valence-electron chi connectivity index (χ4n) is 2.44. The van der Waals surface area contributed by atoms with Gasteiger partial charge in [0, 0.05) is 0 Å². The maximum Gasteiger partial charge on any atom is 0.104 e. The molecular weight excluding hydrogens is 248 g/mol. The van der Waals surface area contributed by atoms with Crippen molar-refractivity contribution in [1.29, 1.82) is 0 Å². The maximum atomic E-state index is 9.45. The highest BCUT2D eigenvalue weighted by Gasteiger charge is 2.22. The van der Waals surface area contributed by atoms with Crippen molar-refractivity contribution in [3.8, 4) is 0 Å². The van der Waals surface area contributed by atoms with Gasteiger partial charge >= 0.3 is 0 Å². The number of hydrogen-bond donors (Lipinski definition) is 1. The zero-order valence-corrected chi connectivity index (χ0v) is 13.7. The predicted octanol–water partition coefficient (Wildman–Crippen LogP) is 4.16. The van der Waals surface area contributed by atoms with Crippen molar-refractivity contribution in [2.75, 3.05) is 0 Å². The van der Waals surface area contributed by atoms with E-state index in [9.17, 15) is 5.11 Å². The third kappa shape index (κ3) is 5.33. The van der Waals surface area contributed by atoms with Crippen LogP contribution in [-0.4, -0.2) is 13.2 Å². The second-order valence-electron chi connectivity index (χ2n) is 5.79. The lowest BCUT2D eigenvalue weighted by molar-refractivity contribution is 0.283. The molecule has 0 unspecified atom stereocenters. The fourth-order valence-corrected chi connectivity index (χ4v) is 4.89. The molecule has 0 saturated carbocycles. The molecule has 1 aromatic carbocycles. The lowest BCUT2D eigenvalue weighted by atomic mass is 10.2. The Balaban J connectivity index is 2.61.